The molecular weight excluding hydrogens is 439 g/mol. The number of sulfonamides is 1. The summed E-state index contributed by atoms with van der Waals surface area (Å²) in [5, 5.41) is 2.27. The van der Waals surface area contributed by atoms with Crippen molar-refractivity contribution in [3.05, 3.63) is 47.2 Å². The van der Waals surface area contributed by atoms with E-state index in [0.29, 0.717) is 5.75 Å². The Kier molecular flexibility index (Phi) is 8.27. The second-order valence-electron chi connectivity index (χ2n) is 5.97. The van der Waals surface area contributed by atoms with Gasteiger partial charge in [-0.3, -0.25) is 9.10 Å². The quantitative estimate of drug-likeness (QED) is 0.547. The van der Waals surface area contributed by atoms with Crippen molar-refractivity contribution >= 4 is 33.2 Å². The Morgan fingerprint density at radius 3 is 2.40 bits per heavy atom. The van der Waals surface area contributed by atoms with Crippen LogP contribution in [-0.4, -0.2) is 55.4 Å². The van der Waals surface area contributed by atoms with Crippen LogP contribution < -0.4 is 19.1 Å². The molecule has 0 heterocycles. The van der Waals surface area contributed by atoms with Crippen LogP contribution in [0.4, 0.5) is 10.1 Å². The third-order valence-electron chi connectivity index (χ3n) is 4.05. The standard InChI is InChI=1S/C19H22ClFN2O6S/c1-27-9-8-22-19(24)12-23(13-4-6-16(21)15(20)10-13)30(25,26)14-5-7-17(28-2)18(11-14)29-3/h4-7,10-11H,8-9,12H2,1-3H3,(H,22,24). The van der Waals surface area contributed by atoms with Crippen molar-refractivity contribution < 1.29 is 31.8 Å². The summed E-state index contributed by atoms with van der Waals surface area (Å²) in [6, 6.07) is 7.41. The third-order valence-corrected chi connectivity index (χ3v) is 6.11. The van der Waals surface area contributed by atoms with Gasteiger partial charge in [0.2, 0.25) is 5.91 Å². The fourth-order valence-electron chi connectivity index (χ4n) is 2.54. The maximum absolute atomic E-state index is 13.6. The fraction of sp³-hybridized carbons (Fsp3) is 0.316. The highest BCUT2D eigenvalue weighted by atomic mass is 35.5. The smallest absolute Gasteiger partial charge is 0.264 e. The molecular formula is C19H22ClFN2O6S. The largest absolute Gasteiger partial charge is 0.493 e. The van der Waals surface area contributed by atoms with Crippen LogP contribution in [0.1, 0.15) is 0 Å². The molecule has 0 atom stereocenters. The van der Waals surface area contributed by atoms with Gasteiger partial charge in [0.05, 0.1) is 36.4 Å². The molecule has 0 saturated heterocycles. The molecule has 30 heavy (non-hydrogen) atoms. The number of nitrogens with one attached hydrogen (secondary N) is 1. The predicted molar refractivity (Wildman–Crippen MR) is 110 cm³/mol. The summed E-state index contributed by atoms with van der Waals surface area (Å²) in [4.78, 5) is 12.2. The maximum Gasteiger partial charge on any atom is 0.264 e. The highest BCUT2D eigenvalue weighted by Gasteiger charge is 2.28. The molecule has 11 heteroatoms. The SMILES string of the molecule is COCCNC(=O)CN(c1ccc(F)c(Cl)c1)S(=O)(=O)c1ccc(OC)c(OC)c1. The van der Waals surface area contributed by atoms with E-state index in [4.69, 9.17) is 25.8 Å². The molecule has 0 aliphatic carbocycles. The van der Waals surface area contributed by atoms with Crippen LogP contribution >= 0.6 is 11.6 Å². The normalized spacial score (nSPS) is 11.1. The van der Waals surface area contributed by atoms with Crippen LogP contribution in [0.2, 0.25) is 5.02 Å². The lowest BCUT2D eigenvalue weighted by Crippen LogP contribution is -2.41. The first-order valence-corrected chi connectivity index (χ1v) is 10.5. The topological polar surface area (TPSA) is 94.2 Å². The Morgan fingerprint density at radius 2 is 1.80 bits per heavy atom. The average Bonchev–Trinajstić information content (AvgIpc) is 2.73. The molecule has 1 N–H and O–H groups in total. The number of ether oxygens (including phenoxy) is 3. The third kappa shape index (κ3) is 5.53. The van der Waals surface area contributed by atoms with E-state index in [2.05, 4.69) is 5.32 Å². The van der Waals surface area contributed by atoms with Gasteiger partial charge in [-0.2, -0.15) is 0 Å². The first kappa shape index (κ1) is 23.7. The minimum atomic E-state index is -4.24. The number of benzene rings is 2. The molecule has 0 aromatic heterocycles. The number of carbonyl (C=O) groups is 1. The van der Waals surface area contributed by atoms with Gasteiger partial charge in [-0.05, 0) is 30.3 Å². The van der Waals surface area contributed by atoms with E-state index in [1.54, 1.807) is 0 Å². The minimum Gasteiger partial charge on any atom is -0.493 e. The molecule has 8 nitrogen and oxygen atoms in total. The summed E-state index contributed by atoms with van der Waals surface area (Å²) in [6.45, 7) is -0.0946. The minimum absolute atomic E-state index is 0.0260. The Morgan fingerprint density at radius 1 is 1.10 bits per heavy atom. The summed E-state index contributed by atoms with van der Waals surface area (Å²) >= 11 is 5.83. The van der Waals surface area contributed by atoms with Gasteiger partial charge in [-0.25, -0.2) is 12.8 Å². The summed E-state index contributed by atoms with van der Waals surface area (Å²) < 4.78 is 56.3. The number of anilines is 1. The number of halogens is 2. The molecule has 0 fully saturated rings. The van der Waals surface area contributed by atoms with Gasteiger partial charge in [-0.15, -0.1) is 0 Å². The van der Waals surface area contributed by atoms with Gasteiger partial charge in [0, 0.05) is 19.7 Å². The summed E-state index contributed by atoms with van der Waals surface area (Å²) in [7, 11) is 0.0202. The maximum atomic E-state index is 13.6. The van der Waals surface area contributed by atoms with E-state index in [1.807, 2.05) is 0 Å². The number of carbonyl (C=O) groups excluding carboxylic acids is 1. The van der Waals surface area contributed by atoms with E-state index in [-0.39, 0.29) is 34.5 Å². The van der Waals surface area contributed by atoms with E-state index in [0.717, 1.165) is 16.4 Å². The van der Waals surface area contributed by atoms with Crippen molar-refractivity contribution in [3.63, 3.8) is 0 Å². The van der Waals surface area contributed by atoms with Crippen LogP contribution in [0.25, 0.3) is 0 Å². The Balaban J connectivity index is 2.48. The van der Waals surface area contributed by atoms with Crippen LogP contribution in [0.3, 0.4) is 0 Å². The zero-order valence-electron chi connectivity index (χ0n) is 16.6. The lowest BCUT2D eigenvalue weighted by molar-refractivity contribution is -0.119. The lowest BCUT2D eigenvalue weighted by atomic mass is 10.3. The molecule has 0 unspecified atom stereocenters. The van der Waals surface area contributed by atoms with E-state index in [9.17, 15) is 17.6 Å². The summed E-state index contributed by atoms with van der Waals surface area (Å²) in [6.07, 6.45) is 0. The van der Waals surface area contributed by atoms with Gasteiger partial charge >= 0.3 is 0 Å². The molecule has 0 aliphatic rings. The lowest BCUT2D eigenvalue weighted by Gasteiger charge is -2.24. The summed E-state index contributed by atoms with van der Waals surface area (Å²) in [5.74, 6) is -0.754. The zero-order chi connectivity index (χ0) is 22.3. The van der Waals surface area contributed by atoms with Gasteiger partial charge in [0.25, 0.3) is 10.0 Å². The van der Waals surface area contributed by atoms with Crippen molar-refractivity contribution in [2.75, 3.05) is 45.3 Å². The first-order chi connectivity index (χ1) is 14.2. The molecule has 1 amide bonds. The van der Waals surface area contributed by atoms with Gasteiger partial charge in [0.1, 0.15) is 12.4 Å². The van der Waals surface area contributed by atoms with Crippen molar-refractivity contribution in [2.45, 2.75) is 4.90 Å². The van der Waals surface area contributed by atoms with Gasteiger partial charge in [0.15, 0.2) is 11.5 Å². The van der Waals surface area contributed by atoms with Crippen molar-refractivity contribution in [1.82, 2.24) is 5.32 Å². The number of hydrogen-bond acceptors (Lipinski definition) is 6. The fourth-order valence-corrected chi connectivity index (χ4v) is 4.14. The number of methoxy groups -OCH3 is 3. The second kappa shape index (κ2) is 10.5. The van der Waals surface area contributed by atoms with Crippen molar-refractivity contribution in [2.24, 2.45) is 0 Å². The molecule has 2 aromatic rings. The van der Waals surface area contributed by atoms with E-state index >= 15 is 0 Å². The van der Waals surface area contributed by atoms with Crippen LogP contribution in [0.15, 0.2) is 41.3 Å². The van der Waals surface area contributed by atoms with Crippen LogP contribution in [0.5, 0.6) is 11.5 Å². The van der Waals surface area contributed by atoms with E-state index in [1.165, 1.54) is 45.6 Å². The molecule has 0 bridgehead atoms. The van der Waals surface area contributed by atoms with Crippen LogP contribution in [-0.2, 0) is 19.6 Å². The van der Waals surface area contributed by atoms with Crippen LogP contribution in [0, 0.1) is 5.82 Å². The average molecular weight is 461 g/mol. The second-order valence-corrected chi connectivity index (χ2v) is 8.24. The number of amides is 1. The Hall–Kier alpha value is -2.56. The van der Waals surface area contributed by atoms with E-state index < -0.39 is 28.3 Å². The first-order valence-electron chi connectivity index (χ1n) is 8.70. The molecule has 0 spiro atoms. The van der Waals surface area contributed by atoms with Gasteiger partial charge in [-0.1, -0.05) is 11.6 Å². The van der Waals surface area contributed by atoms with Crippen molar-refractivity contribution in [1.29, 1.82) is 0 Å². The Bertz CT molecular complexity index is 1000. The molecule has 0 saturated carbocycles. The zero-order valence-corrected chi connectivity index (χ0v) is 18.2. The highest BCUT2D eigenvalue weighted by Crippen LogP contribution is 2.33. The molecule has 2 aromatic carbocycles. The summed E-state index contributed by atoms with van der Waals surface area (Å²) in [5.41, 5.74) is 0.0260. The molecule has 0 aliphatic heterocycles. The van der Waals surface area contributed by atoms with Crippen molar-refractivity contribution in [3.8, 4) is 11.5 Å². The molecule has 2 rings (SSSR count). The monoisotopic (exact) mass is 460 g/mol. The number of nitrogens with zero attached hydrogens (tertiary/aromatic N) is 1. The molecule has 0 radical (unpaired) electrons. The Labute approximate surface area is 179 Å². The highest BCUT2D eigenvalue weighted by molar-refractivity contribution is 7.92. The van der Waals surface area contributed by atoms with Gasteiger partial charge < -0.3 is 19.5 Å². The number of rotatable bonds is 10. The predicted octanol–water partition coefficient (Wildman–Crippen LogP) is 2.45. The number of hydrogen-bond donors (Lipinski definition) is 1. The molecule has 164 valence electrons.